The molecule has 0 spiro atoms. The Morgan fingerprint density at radius 2 is 1.96 bits per heavy atom. The number of nitrogens with zero attached hydrogens (tertiary/aromatic N) is 1. The number of benzene rings is 2. The number of halogens is 1. The molecule has 4 rings (SSSR count). The Hall–Kier alpha value is -1.49. The van der Waals surface area contributed by atoms with Gasteiger partial charge in [-0.3, -0.25) is 9.52 Å². The van der Waals surface area contributed by atoms with Gasteiger partial charge in [-0.2, -0.15) is 0 Å². The van der Waals surface area contributed by atoms with E-state index in [4.69, 9.17) is 11.6 Å². The highest BCUT2D eigenvalue weighted by molar-refractivity contribution is 7.96. The van der Waals surface area contributed by atoms with Crippen LogP contribution in [0.2, 0.25) is 5.02 Å². The zero-order valence-electron chi connectivity index (χ0n) is 15.5. The SMILES string of the molecule is CSNC1CCCN(C(=O)C2CC2c2ccccc2-c2ccc(Cl)cc2)C1. The van der Waals surface area contributed by atoms with E-state index in [9.17, 15) is 4.79 Å². The molecule has 0 aromatic heterocycles. The van der Waals surface area contributed by atoms with Crippen LogP contribution in [0.3, 0.4) is 0 Å². The summed E-state index contributed by atoms with van der Waals surface area (Å²) in [6.45, 7) is 1.73. The van der Waals surface area contributed by atoms with Crippen LogP contribution in [0.4, 0.5) is 0 Å². The third kappa shape index (κ3) is 4.18. The molecule has 5 heteroatoms. The molecule has 0 bridgehead atoms. The average molecular weight is 401 g/mol. The first kappa shape index (κ1) is 18.9. The smallest absolute Gasteiger partial charge is 0.226 e. The maximum atomic E-state index is 13.1. The molecule has 2 aromatic carbocycles. The monoisotopic (exact) mass is 400 g/mol. The Kier molecular flexibility index (Phi) is 5.76. The summed E-state index contributed by atoms with van der Waals surface area (Å²) in [7, 11) is 0. The molecule has 2 aromatic rings. The maximum Gasteiger partial charge on any atom is 0.226 e. The van der Waals surface area contributed by atoms with Crippen LogP contribution in [0.1, 0.15) is 30.7 Å². The van der Waals surface area contributed by atoms with Gasteiger partial charge in [-0.25, -0.2) is 0 Å². The van der Waals surface area contributed by atoms with Crippen molar-refractivity contribution < 1.29 is 4.79 Å². The Balaban J connectivity index is 1.49. The third-order valence-corrected chi connectivity index (χ3v) is 6.46. The quantitative estimate of drug-likeness (QED) is 0.719. The van der Waals surface area contributed by atoms with Crippen LogP contribution < -0.4 is 4.72 Å². The fraction of sp³-hybridized carbons (Fsp3) is 0.409. The molecule has 1 amide bonds. The summed E-state index contributed by atoms with van der Waals surface area (Å²) in [4.78, 5) is 15.1. The minimum atomic E-state index is 0.131. The summed E-state index contributed by atoms with van der Waals surface area (Å²) in [5.41, 5.74) is 3.67. The van der Waals surface area contributed by atoms with Crippen LogP contribution in [-0.2, 0) is 4.79 Å². The number of likely N-dealkylation sites (tertiary alicyclic amines) is 1. The normalized spacial score (nSPS) is 24.7. The summed E-state index contributed by atoms with van der Waals surface area (Å²) >= 11 is 7.69. The van der Waals surface area contributed by atoms with E-state index >= 15 is 0 Å². The van der Waals surface area contributed by atoms with Gasteiger partial charge in [0.05, 0.1) is 0 Å². The molecule has 1 aliphatic heterocycles. The second-order valence-electron chi connectivity index (χ2n) is 7.49. The molecule has 1 saturated carbocycles. The average Bonchev–Trinajstić information content (AvgIpc) is 3.49. The number of rotatable bonds is 5. The Labute approximate surface area is 170 Å². The van der Waals surface area contributed by atoms with Gasteiger partial charge in [0.15, 0.2) is 0 Å². The highest BCUT2D eigenvalue weighted by Gasteiger charge is 2.47. The predicted molar refractivity (Wildman–Crippen MR) is 114 cm³/mol. The number of carbonyl (C=O) groups excluding carboxylic acids is 1. The zero-order valence-corrected chi connectivity index (χ0v) is 17.1. The number of amides is 1. The molecule has 0 radical (unpaired) electrons. The Bertz CT molecular complexity index is 808. The molecular formula is C22H25ClN2OS. The van der Waals surface area contributed by atoms with Gasteiger partial charge in [0.2, 0.25) is 5.91 Å². The van der Waals surface area contributed by atoms with Crippen LogP contribution >= 0.6 is 23.5 Å². The standard InChI is InChI=1S/C22H25ClN2OS/c1-27-24-17-5-4-12-25(14-17)22(26)21-13-20(21)19-7-3-2-6-18(19)15-8-10-16(23)11-9-15/h2-3,6-11,17,20-21,24H,4-5,12-14H2,1H3. The second kappa shape index (κ2) is 8.26. The van der Waals surface area contributed by atoms with E-state index in [1.807, 2.05) is 18.4 Å². The molecule has 1 saturated heterocycles. The third-order valence-electron chi connectivity index (χ3n) is 5.64. The summed E-state index contributed by atoms with van der Waals surface area (Å²) in [5, 5.41) is 0.745. The summed E-state index contributed by atoms with van der Waals surface area (Å²) in [6.07, 6.45) is 5.24. The molecule has 27 heavy (non-hydrogen) atoms. The van der Waals surface area contributed by atoms with Crippen molar-refractivity contribution >= 4 is 29.5 Å². The van der Waals surface area contributed by atoms with Crippen molar-refractivity contribution in [1.29, 1.82) is 0 Å². The highest BCUT2D eigenvalue weighted by atomic mass is 35.5. The van der Waals surface area contributed by atoms with Crippen molar-refractivity contribution in [2.45, 2.75) is 31.2 Å². The first-order chi connectivity index (χ1) is 13.2. The van der Waals surface area contributed by atoms with E-state index in [2.05, 4.69) is 46.0 Å². The van der Waals surface area contributed by atoms with Gasteiger partial charge in [0.25, 0.3) is 0 Å². The largest absolute Gasteiger partial charge is 0.341 e. The Morgan fingerprint density at radius 1 is 1.19 bits per heavy atom. The minimum absolute atomic E-state index is 0.131. The lowest BCUT2D eigenvalue weighted by molar-refractivity contribution is -0.133. The van der Waals surface area contributed by atoms with Gasteiger partial charge >= 0.3 is 0 Å². The number of nitrogens with one attached hydrogen (secondary N) is 1. The molecule has 2 fully saturated rings. The van der Waals surface area contributed by atoms with E-state index < -0.39 is 0 Å². The molecule has 1 aliphatic carbocycles. The summed E-state index contributed by atoms with van der Waals surface area (Å²) in [5.74, 6) is 0.795. The van der Waals surface area contributed by atoms with Gasteiger partial charge < -0.3 is 4.90 Å². The molecule has 2 aliphatic rings. The number of carbonyl (C=O) groups is 1. The van der Waals surface area contributed by atoms with E-state index in [0.717, 1.165) is 42.9 Å². The number of hydrogen-bond donors (Lipinski definition) is 1. The van der Waals surface area contributed by atoms with Gasteiger partial charge in [-0.1, -0.05) is 59.9 Å². The highest BCUT2D eigenvalue weighted by Crippen LogP contribution is 2.51. The topological polar surface area (TPSA) is 32.3 Å². The number of piperidine rings is 1. The number of hydrogen-bond acceptors (Lipinski definition) is 3. The lowest BCUT2D eigenvalue weighted by Gasteiger charge is -2.33. The molecular weight excluding hydrogens is 376 g/mol. The van der Waals surface area contributed by atoms with E-state index in [1.54, 1.807) is 11.9 Å². The van der Waals surface area contributed by atoms with Crippen molar-refractivity contribution in [2.24, 2.45) is 5.92 Å². The Morgan fingerprint density at radius 3 is 2.74 bits per heavy atom. The van der Waals surface area contributed by atoms with Crippen molar-refractivity contribution in [2.75, 3.05) is 19.3 Å². The van der Waals surface area contributed by atoms with Gasteiger partial charge in [0, 0.05) is 30.1 Å². The maximum absolute atomic E-state index is 13.1. The van der Waals surface area contributed by atoms with Gasteiger partial charge in [-0.15, -0.1) is 0 Å². The molecule has 3 nitrogen and oxygen atoms in total. The molecule has 3 unspecified atom stereocenters. The summed E-state index contributed by atoms with van der Waals surface area (Å²) < 4.78 is 3.42. The summed E-state index contributed by atoms with van der Waals surface area (Å²) in [6, 6.07) is 16.9. The van der Waals surface area contributed by atoms with E-state index in [-0.39, 0.29) is 5.92 Å². The van der Waals surface area contributed by atoms with Gasteiger partial charge in [0.1, 0.15) is 0 Å². The first-order valence-corrected chi connectivity index (χ1v) is 11.2. The van der Waals surface area contributed by atoms with Crippen LogP contribution in [0, 0.1) is 5.92 Å². The molecule has 1 N–H and O–H groups in total. The van der Waals surface area contributed by atoms with Gasteiger partial charge in [-0.05, 0) is 60.3 Å². The lowest BCUT2D eigenvalue weighted by atomic mass is 9.95. The van der Waals surface area contributed by atoms with E-state index in [0.29, 0.717) is 17.9 Å². The minimum Gasteiger partial charge on any atom is -0.341 e. The van der Waals surface area contributed by atoms with Crippen molar-refractivity contribution in [1.82, 2.24) is 9.62 Å². The first-order valence-electron chi connectivity index (χ1n) is 9.59. The van der Waals surface area contributed by atoms with Crippen LogP contribution in [0.25, 0.3) is 11.1 Å². The molecule has 1 heterocycles. The van der Waals surface area contributed by atoms with Crippen molar-refractivity contribution in [3.05, 3.63) is 59.1 Å². The fourth-order valence-electron chi connectivity index (χ4n) is 4.20. The fourth-order valence-corrected chi connectivity index (χ4v) is 4.85. The van der Waals surface area contributed by atoms with Crippen LogP contribution in [0.5, 0.6) is 0 Å². The van der Waals surface area contributed by atoms with Crippen LogP contribution in [-0.4, -0.2) is 36.2 Å². The van der Waals surface area contributed by atoms with Crippen molar-refractivity contribution in [3.63, 3.8) is 0 Å². The zero-order chi connectivity index (χ0) is 18.8. The molecule has 142 valence electrons. The van der Waals surface area contributed by atoms with E-state index in [1.165, 1.54) is 11.1 Å². The van der Waals surface area contributed by atoms with Crippen molar-refractivity contribution in [3.8, 4) is 11.1 Å². The lowest BCUT2D eigenvalue weighted by Crippen LogP contribution is -2.46. The molecule has 3 atom stereocenters. The second-order valence-corrected chi connectivity index (χ2v) is 8.57. The van der Waals surface area contributed by atoms with Crippen LogP contribution in [0.15, 0.2) is 48.5 Å². The predicted octanol–water partition coefficient (Wildman–Crippen LogP) is 4.97.